The summed E-state index contributed by atoms with van der Waals surface area (Å²) in [6, 6.07) is 14.0. The second kappa shape index (κ2) is 4.94. The molecular weight excluding hydrogens is 236 g/mol. The molecular formula is C16H18N2O. The normalized spacial score (nSPS) is 17.4. The SMILES string of the molecule is Nc1ccccc1Cc1c(N)cccc1CC1CO1. The van der Waals surface area contributed by atoms with Gasteiger partial charge in [-0.3, -0.25) is 0 Å². The van der Waals surface area contributed by atoms with E-state index in [9.17, 15) is 0 Å². The van der Waals surface area contributed by atoms with Gasteiger partial charge in [0.25, 0.3) is 0 Å². The summed E-state index contributed by atoms with van der Waals surface area (Å²) in [5.74, 6) is 0. The Bertz CT molecular complexity index is 591. The van der Waals surface area contributed by atoms with Crippen molar-refractivity contribution in [2.24, 2.45) is 0 Å². The number of hydrogen-bond donors (Lipinski definition) is 2. The first-order valence-electron chi connectivity index (χ1n) is 6.55. The van der Waals surface area contributed by atoms with Crippen LogP contribution in [0.2, 0.25) is 0 Å². The molecule has 3 rings (SSSR count). The number of anilines is 2. The average Bonchev–Trinajstić information content (AvgIpc) is 3.20. The fourth-order valence-electron chi connectivity index (χ4n) is 2.38. The van der Waals surface area contributed by atoms with Crippen LogP contribution in [0.1, 0.15) is 16.7 Å². The zero-order valence-electron chi connectivity index (χ0n) is 10.8. The highest BCUT2D eigenvalue weighted by molar-refractivity contribution is 5.57. The second-order valence-electron chi connectivity index (χ2n) is 5.02. The van der Waals surface area contributed by atoms with Gasteiger partial charge in [0, 0.05) is 24.2 Å². The number of para-hydroxylation sites is 1. The van der Waals surface area contributed by atoms with Crippen LogP contribution in [-0.4, -0.2) is 12.7 Å². The molecule has 0 amide bonds. The first-order chi connectivity index (χ1) is 9.24. The van der Waals surface area contributed by atoms with Crippen LogP contribution in [0.3, 0.4) is 0 Å². The van der Waals surface area contributed by atoms with Crippen molar-refractivity contribution in [2.45, 2.75) is 18.9 Å². The number of nitrogen functional groups attached to an aromatic ring is 2. The maximum absolute atomic E-state index is 6.13. The summed E-state index contributed by atoms with van der Waals surface area (Å²) >= 11 is 0. The molecule has 1 unspecified atom stereocenters. The van der Waals surface area contributed by atoms with E-state index in [0.29, 0.717) is 6.10 Å². The Hall–Kier alpha value is -2.00. The minimum atomic E-state index is 0.369. The molecule has 0 radical (unpaired) electrons. The molecule has 1 aliphatic heterocycles. The number of hydrogen-bond acceptors (Lipinski definition) is 3. The average molecular weight is 254 g/mol. The molecule has 3 nitrogen and oxygen atoms in total. The molecule has 19 heavy (non-hydrogen) atoms. The van der Waals surface area contributed by atoms with E-state index in [1.54, 1.807) is 0 Å². The van der Waals surface area contributed by atoms with Crippen molar-refractivity contribution in [2.75, 3.05) is 18.1 Å². The molecule has 3 heteroatoms. The summed E-state index contributed by atoms with van der Waals surface area (Å²) in [5, 5.41) is 0. The van der Waals surface area contributed by atoms with Gasteiger partial charge in [0.15, 0.2) is 0 Å². The monoisotopic (exact) mass is 254 g/mol. The number of epoxide rings is 1. The molecule has 1 aliphatic rings. The number of ether oxygens (including phenoxy) is 1. The third-order valence-corrected chi connectivity index (χ3v) is 3.58. The molecule has 2 aromatic carbocycles. The molecule has 0 saturated carbocycles. The van der Waals surface area contributed by atoms with Crippen LogP contribution >= 0.6 is 0 Å². The molecule has 0 spiro atoms. The molecule has 1 fully saturated rings. The van der Waals surface area contributed by atoms with Crippen molar-refractivity contribution >= 4 is 11.4 Å². The van der Waals surface area contributed by atoms with Gasteiger partial charge in [0.1, 0.15) is 0 Å². The second-order valence-corrected chi connectivity index (χ2v) is 5.02. The molecule has 1 atom stereocenters. The van der Waals surface area contributed by atoms with Crippen molar-refractivity contribution < 1.29 is 4.74 Å². The van der Waals surface area contributed by atoms with Crippen molar-refractivity contribution in [3.05, 3.63) is 59.2 Å². The van der Waals surface area contributed by atoms with Crippen molar-refractivity contribution in [3.8, 4) is 0 Å². The van der Waals surface area contributed by atoms with Gasteiger partial charge in [-0.25, -0.2) is 0 Å². The minimum Gasteiger partial charge on any atom is -0.398 e. The lowest BCUT2D eigenvalue weighted by Crippen LogP contribution is -2.05. The standard InChI is InChI=1S/C16H18N2O/c17-15-6-2-1-4-12(15)9-14-11(8-13-10-19-13)5-3-7-16(14)18/h1-7,13H,8-10,17-18H2. The van der Waals surface area contributed by atoms with E-state index in [0.717, 1.165) is 36.4 Å². The largest absolute Gasteiger partial charge is 0.398 e. The fourth-order valence-corrected chi connectivity index (χ4v) is 2.38. The molecule has 0 aliphatic carbocycles. The van der Waals surface area contributed by atoms with Gasteiger partial charge in [0.2, 0.25) is 0 Å². The van der Waals surface area contributed by atoms with Crippen LogP contribution in [0.5, 0.6) is 0 Å². The summed E-state index contributed by atoms with van der Waals surface area (Å²) in [4.78, 5) is 0. The highest BCUT2D eigenvalue weighted by Gasteiger charge is 2.24. The van der Waals surface area contributed by atoms with Crippen LogP contribution in [0.4, 0.5) is 11.4 Å². The maximum Gasteiger partial charge on any atom is 0.0850 e. The lowest BCUT2D eigenvalue weighted by molar-refractivity contribution is 0.407. The number of rotatable bonds is 4. The molecule has 4 N–H and O–H groups in total. The van der Waals surface area contributed by atoms with Gasteiger partial charge >= 0.3 is 0 Å². The Morgan fingerprint density at radius 2 is 1.63 bits per heavy atom. The molecule has 98 valence electrons. The van der Waals surface area contributed by atoms with E-state index in [1.807, 2.05) is 30.3 Å². The zero-order chi connectivity index (χ0) is 13.2. The Balaban J connectivity index is 1.92. The topological polar surface area (TPSA) is 64.6 Å². The minimum absolute atomic E-state index is 0.369. The van der Waals surface area contributed by atoms with E-state index in [4.69, 9.17) is 16.2 Å². The third kappa shape index (κ3) is 2.71. The Morgan fingerprint density at radius 3 is 2.37 bits per heavy atom. The lowest BCUT2D eigenvalue weighted by atomic mass is 9.95. The number of benzene rings is 2. The molecule has 2 aromatic rings. The van der Waals surface area contributed by atoms with Crippen molar-refractivity contribution in [1.29, 1.82) is 0 Å². The van der Waals surface area contributed by atoms with Crippen LogP contribution in [0.25, 0.3) is 0 Å². The van der Waals surface area contributed by atoms with Crippen molar-refractivity contribution in [3.63, 3.8) is 0 Å². The van der Waals surface area contributed by atoms with E-state index in [-0.39, 0.29) is 0 Å². The van der Waals surface area contributed by atoms with E-state index >= 15 is 0 Å². The zero-order valence-corrected chi connectivity index (χ0v) is 10.8. The Morgan fingerprint density at radius 1 is 0.947 bits per heavy atom. The summed E-state index contributed by atoms with van der Waals surface area (Å²) in [6.45, 7) is 0.863. The van der Waals surface area contributed by atoms with E-state index in [2.05, 4.69) is 12.1 Å². The van der Waals surface area contributed by atoms with Gasteiger partial charge in [0.05, 0.1) is 12.7 Å². The van der Waals surface area contributed by atoms with Crippen LogP contribution in [0, 0.1) is 0 Å². The van der Waals surface area contributed by atoms with Gasteiger partial charge in [-0.05, 0) is 28.8 Å². The van der Waals surface area contributed by atoms with Gasteiger partial charge < -0.3 is 16.2 Å². The van der Waals surface area contributed by atoms with Crippen LogP contribution in [-0.2, 0) is 17.6 Å². The first kappa shape index (κ1) is 12.1. The number of nitrogens with two attached hydrogens (primary N) is 2. The van der Waals surface area contributed by atoms with Gasteiger partial charge in [-0.15, -0.1) is 0 Å². The highest BCUT2D eigenvalue weighted by atomic mass is 16.6. The molecule has 0 aromatic heterocycles. The molecule has 1 heterocycles. The molecule has 1 saturated heterocycles. The Labute approximate surface area is 113 Å². The van der Waals surface area contributed by atoms with Crippen molar-refractivity contribution in [1.82, 2.24) is 0 Å². The maximum atomic E-state index is 6.13. The Kier molecular flexibility index (Phi) is 3.13. The smallest absolute Gasteiger partial charge is 0.0850 e. The summed E-state index contributed by atoms with van der Waals surface area (Å²) in [5.41, 5.74) is 17.4. The predicted octanol–water partition coefficient (Wildman–Crippen LogP) is 2.38. The van der Waals surface area contributed by atoms with Gasteiger partial charge in [-0.1, -0.05) is 30.3 Å². The van der Waals surface area contributed by atoms with Crippen LogP contribution < -0.4 is 11.5 Å². The quantitative estimate of drug-likeness (QED) is 0.650. The van der Waals surface area contributed by atoms with Gasteiger partial charge in [-0.2, -0.15) is 0 Å². The van der Waals surface area contributed by atoms with Crippen LogP contribution in [0.15, 0.2) is 42.5 Å². The third-order valence-electron chi connectivity index (χ3n) is 3.58. The fraction of sp³-hybridized carbons (Fsp3) is 0.250. The predicted molar refractivity (Wildman–Crippen MR) is 78.0 cm³/mol. The lowest BCUT2D eigenvalue weighted by Gasteiger charge is -2.13. The first-order valence-corrected chi connectivity index (χ1v) is 6.55. The molecule has 0 bridgehead atoms. The summed E-state index contributed by atoms with van der Waals surface area (Å²) in [6.07, 6.45) is 2.09. The van der Waals surface area contributed by atoms with E-state index in [1.165, 1.54) is 11.1 Å². The summed E-state index contributed by atoms with van der Waals surface area (Å²) in [7, 11) is 0. The summed E-state index contributed by atoms with van der Waals surface area (Å²) < 4.78 is 5.32. The van der Waals surface area contributed by atoms with E-state index < -0.39 is 0 Å². The highest BCUT2D eigenvalue weighted by Crippen LogP contribution is 2.27.